The predicted molar refractivity (Wildman–Crippen MR) is 101 cm³/mol. The maximum Gasteiger partial charge on any atom is 0.257 e. The minimum absolute atomic E-state index is 0.207. The first-order valence-electron chi connectivity index (χ1n) is 7.46. The lowest BCUT2D eigenvalue weighted by Gasteiger charge is -2.10. The van der Waals surface area contributed by atoms with E-state index in [1.165, 1.54) is 5.56 Å². The molecule has 3 rings (SSSR count). The summed E-state index contributed by atoms with van der Waals surface area (Å²) < 4.78 is 0.834. The van der Waals surface area contributed by atoms with E-state index in [4.69, 9.17) is 0 Å². The summed E-state index contributed by atoms with van der Waals surface area (Å²) in [5, 5.41) is 6.12. The molecule has 0 unspecified atom stereocenters. The molecule has 0 radical (unpaired) electrons. The molecule has 3 aromatic rings. The van der Waals surface area contributed by atoms with Gasteiger partial charge in [0, 0.05) is 16.4 Å². The Morgan fingerprint density at radius 2 is 1.75 bits per heavy atom. The highest BCUT2D eigenvalue weighted by Crippen LogP contribution is 2.22. The number of halogens is 1. The number of para-hydroxylation sites is 1. The molecule has 0 bridgehead atoms. The molecule has 2 aromatic carbocycles. The summed E-state index contributed by atoms with van der Waals surface area (Å²) in [5.41, 5.74) is 4.12. The quantitative estimate of drug-likeness (QED) is 0.656. The van der Waals surface area contributed by atoms with Crippen molar-refractivity contribution < 1.29 is 4.79 Å². The Kier molecular flexibility index (Phi) is 4.91. The Hall–Kier alpha value is -2.66. The Morgan fingerprint density at radius 3 is 2.50 bits per heavy atom. The van der Waals surface area contributed by atoms with Gasteiger partial charge in [-0.3, -0.25) is 9.78 Å². The number of rotatable bonds is 4. The minimum Gasteiger partial charge on any atom is -0.354 e. The van der Waals surface area contributed by atoms with Crippen LogP contribution in [0.1, 0.15) is 15.9 Å². The van der Waals surface area contributed by atoms with Gasteiger partial charge in [-0.05, 0) is 53.2 Å². The first-order chi connectivity index (χ1) is 11.6. The summed E-state index contributed by atoms with van der Waals surface area (Å²) in [6.45, 7) is 2.04. The number of anilines is 3. The zero-order chi connectivity index (χ0) is 16.9. The van der Waals surface area contributed by atoms with Crippen molar-refractivity contribution in [3.63, 3.8) is 0 Å². The zero-order valence-electron chi connectivity index (χ0n) is 13.1. The molecule has 0 saturated heterocycles. The molecule has 2 N–H and O–H groups in total. The molecular formula is C19H16BrN3O. The number of aryl methyl sites for hydroxylation is 1. The van der Waals surface area contributed by atoms with Crippen LogP contribution in [0.25, 0.3) is 0 Å². The number of hydrogen-bond donors (Lipinski definition) is 2. The fourth-order valence-electron chi connectivity index (χ4n) is 2.19. The van der Waals surface area contributed by atoms with Crippen molar-refractivity contribution in [1.29, 1.82) is 0 Å². The maximum atomic E-state index is 12.4. The molecule has 0 atom stereocenters. The molecule has 1 heterocycles. The van der Waals surface area contributed by atoms with Gasteiger partial charge in [0.2, 0.25) is 0 Å². The van der Waals surface area contributed by atoms with Crippen LogP contribution in [-0.2, 0) is 0 Å². The van der Waals surface area contributed by atoms with E-state index in [2.05, 4.69) is 31.5 Å². The second kappa shape index (κ2) is 7.27. The van der Waals surface area contributed by atoms with Gasteiger partial charge in [0.1, 0.15) is 0 Å². The normalized spacial score (nSPS) is 10.2. The molecule has 24 heavy (non-hydrogen) atoms. The Labute approximate surface area is 149 Å². The van der Waals surface area contributed by atoms with Gasteiger partial charge in [-0.1, -0.05) is 29.8 Å². The summed E-state index contributed by atoms with van der Waals surface area (Å²) >= 11 is 3.42. The van der Waals surface area contributed by atoms with Gasteiger partial charge in [-0.25, -0.2) is 0 Å². The summed E-state index contributed by atoms with van der Waals surface area (Å²) in [5.74, 6) is -0.207. The van der Waals surface area contributed by atoms with Crippen molar-refractivity contribution in [2.75, 3.05) is 10.6 Å². The van der Waals surface area contributed by atoms with E-state index in [0.29, 0.717) is 5.56 Å². The molecule has 0 saturated carbocycles. The average molecular weight is 382 g/mol. The number of carbonyl (C=O) groups excluding carboxylic acids is 1. The number of hydrogen-bond acceptors (Lipinski definition) is 3. The molecule has 0 aliphatic rings. The van der Waals surface area contributed by atoms with Crippen molar-refractivity contribution in [2.24, 2.45) is 0 Å². The highest BCUT2D eigenvalue weighted by molar-refractivity contribution is 9.10. The fourth-order valence-corrected chi connectivity index (χ4v) is 2.58. The van der Waals surface area contributed by atoms with Crippen molar-refractivity contribution >= 4 is 38.9 Å². The first kappa shape index (κ1) is 16.2. The fraction of sp³-hybridized carbons (Fsp3) is 0.0526. The van der Waals surface area contributed by atoms with Gasteiger partial charge < -0.3 is 10.6 Å². The third-order valence-electron chi connectivity index (χ3n) is 3.46. The van der Waals surface area contributed by atoms with E-state index in [1.807, 2.05) is 55.5 Å². The molecule has 5 heteroatoms. The largest absolute Gasteiger partial charge is 0.354 e. The lowest BCUT2D eigenvalue weighted by Crippen LogP contribution is -2.12. The van der Waals surface area contributed by atoms with E-state index < -0.39 is 0 Å². The summed E-state index contributed by atoms with van der Waals surface area (Å²) in [7, 11) is 0. The van der Waals surface area contributed by atoms with Crippen LogP contribution in [0.15, 0.2) is 71.5 Å². The van der Waals surface area contributed by atoms with Crippen LogP contribution in [-0.4, -0.2) is 10.9 Å². The van der Waals surface area contributed by atoms with E-state index in [9.17, 15) is 4.79 Å². The highest BCUT2D eigenvalue weighted by Gasteiger charge is 2.09. The second-order valence-electron chi connectivity index (χ2n) is 5.39. The van der Waals surface area contributed by atoms with Crippen LogP contribution < -0.4 is 10.6 Å². The van der Waals surface area contributed by atoms with Gasteiger partial charge in [0.25, 0.3) is 5.91 Å². The van der Waals surface area contributed by atoms with Crippen LogP contribution in [0.5, 0.6) is 0 Å². The highest BCUT2D eigenvalue weighted by atomic mass is 79.9. The third-order valence-corrected chi connectivity index (χ3v) is 4.15. The number of carbonyl (C=O) groups is 1. The molecule has 0 spiro atoms. The Morgan fingerprint density at radius 1 is 1.00 bits per heavy atom. The average Bonchev–Trinajstić information content (AvgIpc) is 2.59. The summed E-state index contributed by atoms with van der Waals surface area (Å²) in [6, 6.07) is 17.3. The number of pyridine rings is 1. The SMILES string of the molecule is Cc1ccc(Nc2cncc(C(=O)Nc3ccccc3Br)c2)cc1. The maximum absolute atomic E-state index is 12.4. The van der Waals surface area contributed by atoms with Crippen molar-refractivity contribution in [3.05, 3.63) is 82.6 Å². The number of benzene rings is 2. The summed E-state index contributed by atoms with van der Waals surface area (Å²) in [6.07, 6.45) is 3.24. The van der Waals surface area contributed by atoms with E-state index in [-0.39, 0.29) is 5.91 Å². The number of aromatic nitrogens is 1. The van der Waals surface area contributed by atoms with Gasteiger partial charge in [0.15, 0.2) is 0 Å². The topological polar surface area (TPSA) is 54.0 Å². The van der Waals surface area contributed by atoms with Crippen molar-refractivity contribution in [1.82, 2.24) is 4.98 Å². The number of nitrogens with one attached hydrogen (secondary N) is 2. The van der Waals surface area contributed by atoms with Crippen molar-refractivity contribution in [2.45, 2.75) is 6.92 Å². The van der Waals surface area contributed by atoms with E-state index >= 15 is 0 Å². The predicted octanol–water partition coefficient (Wildman–Crippen LogP) is 5.15. The molecule has 120 valence electrons. The van der Waals surface area contributed by atoms with E-state index in [1.54, 1.807) is 18.5 Å². The molecule has 4 nitrogen and oxygen atoms in total. The van der Waals surface area contributed by atoms with Crippen molar-refractivity contribution in [3.8, 4) is 0 Å². The van der Waals surface area contributed by atoms with Crippen LogP contribution in [0, 0.1) is 6.92 Å². The molecule has 1 aromatic heterocycles. The van der Waals surface area contributed by atoms with Gasteiger partial charge in [0.05, 0.1) is 23.1 Å². The minimum atomic E-state index is -0.207. The monoisotopic (exact) mass is 381 g/mol. The lowest BCUT2D eigenvalue weighted by atomic mass is 10.2. The molecule has 0 aliphatic carbocycles. The smallest absolute Gasteiger partial charge is 0.257 e. The van der Waals surface area contributed by atoms with Gasteiger partial charge in [-0.15, -0.1) is 0 Å². The second-order valence-corrected chi connectivity index (χ2v) is 6.24. The molecule has 0 fully saturated rings. The number of amides is 1. The molecule has 0 aliphatic heterocycles. The standard InChI is InChI=1S/C19H16BrN3O/c1-13-6-8-15(9-7-13)22-16-10-14(11-21-12-16)19(24)23-18-5-3-2-4-17(18)20/h2-12,22H,1H3,(H,23,24). The lowest BCUT2D eigenvalue weighted by molar-refractivity contribution is 0.102. The first-order valence-corrected chi connectivity index (χ1v) is 8.26. The Balaban J connectivity index is 1.76. The zero-order valence-corrected chi connectivity index (χ0v) is 14.7. The van der Waals surface area contributed by atoms with Crippen LogP contribution in [0.2, 0.25) is 0 Å². The van der Waals surface area contributed by atoms with Gasteiger partial charge in [-0.2, -0.15) is 0 Å². The van der Waals surface area contributed by atoms with E-state index in [0.717, 1.165) is 21.5 Å². The van der Waals surface area contributed by atoms with Crippen LogP contribution >= 0.6 is 15.9 Å². The summed E-state index contributed by atoms with van der Waals surface area (Å²) in [4.78, 5) is 16.6. The van der Waals surface area contributed by atoms with Crippen LogP contribution in [0.4, 0.5) is 17.1 Å². The molecular weight excluding hydrogens is 366 g/mol. The van der Waals surface area contributed by atoms with Crippen LogP contribution in [0.3, 0.4) is 0 Å². The van der Waals surface area contributed by atoms with Gasteiger partial charge >= 0.3 is 0 Å². The number of nitrogens with zero attached hydrogens (tertiary/aromatic N) is 1. The Bertz CT molecular complexity index is 862. The third kappa shape index (κ3) is 4.00. The molecule has 1 amide bonds.